The lowest BCUT2D eigenvalue weighted by Crippen LogP contribution is -2.22. The van der Waals surface area contributed by atoms with Crippen molar-refractivity contribution in [1.82, 2.24) is 14.1 Å². The Morgan fingerprint density at radius 3 is 2.36 bits per heavy atom. The standard InChI is InChI=1S/C28H23N3O2S3/c1-3-19-13-15-21(16-14-19)30-25-24(36-28(30)34)26(33)31(22-12-8-7-9-18(22)2)27(29-25)35-17-23(32)20-10-5-4-6-11-20/h4-16H,3,17H2,1-2H3. The Bertz CT molecular complexity index is 1680. The summed E-state index contributed by atoms with van der Waals surface area (Å²) in [7, 11) is 0. The van der Waals surface area contributed by atoms with Gasteiger partial charge in [-0.3, -0.25) is 18.7 Å². The maximum Gasteiger partial charge on any atom is 0.278 e. The second-order valence-corrected chi connectivity index (χ2v) is 10.9. The Labute approximate surface area is 222 Å². The first-order chi connectivity index (χ1) is 17.5. The van der Waals surface area contributed by atoms with Crippen LogP contribution in [0.5, 0.6) is 0 Å². The van der Waals surface area contributed by atoms with E-state index in [1.54, 1.807) is 16.7 Å². The zero-order valence-electron chi connectivity index (χ0n) is 19.8. The molecule has 5 nitrogen and oxygen atoms in total. The molecule has 0 spiro atoms. The van der Waals surface area contributed by atoms with Crippen molar-refractivity contribution in [3.8, 4) is 11.4 Å². The summed E-state index contributed by atoms with van der Waals surface area (Å²) in [6.07, 6.45) is 0.936. The summed E-state index contributed by atoms with van der Waals surface area (Å²) in [5, 5.41) is 0.456. The SMILES string of the molecule is CCc1ccc(-n2c(=S)sc3c(=O)n(-c4ccccc4C)c(SCC(=O)c4ccccc4)nc32)cc1. The number of hydrogen-bond donors (Lipinski definition) is 0. The first-order valence-electron chi connectivity index (χ1n) is 11.5. The van der Waals surface area contributed by atoms with Crippen LogP contribution in [-0.4, -0.2) is 25.7 Å². The van der Waals surface area contributed by atoms with Gasteiger partial charge in [0.1, 0.15) is 4.70 Å². The number of nitrogens with zero attached hydrogens (tertiary/aromatic N) is 3. The molecule has 0 aliphatic carbocycles. The predicted octanol–water partition coefficient (Wildman–Crippen LogP) is 6.81. The van der Waals surface area contributed by atoms with Gasteiger partial charge in [-0.15, -0.1) is 0 Å². The smallest absolute Gasteiger partial charge is 0.278 e. The van der Waals surface area contributed by atoms with Crippen LogP contribution in [0.25, 0.3) is 21.7 Å². The van der Waals surface area contributed by atoms with Crippen LogP contribution in [0.2, 0.25) is 0 Å². The van der Waals surface area contributed by atoms with Crippen molar-refractivity contribution in [3.63, 3.8) is 0 Å². The number of carbonyl (C=O) groups is 1. The summed E-state index contributed by atoms with van der Waals surface area (Å²) >= 11 is 8.21. The number of thiazole rings is 1. The van der Waals surface area contributed by atoms with Crippen molar-refractivity contribution in [2.24, 2.45) is 0 Å². The molecular formula is C28H23N3O2S3. The third-order valence-electron chi connectivity index (χ3n) is 5.96. The minimum atomic E-state index is -0.191. The zero-order valence-corrected chi connectivity index (χ0v) is 22.3. The number of thioether (sulfide) groups is 1. The van der Waals surface area contributed by atoms with Gasteiger partial charge >= 0.3 is 0 Å². The fourth-order valence-corrected chi connectivity index (χ4v) is 6.20. The summed E-state index contributed by atoms with van der Waals surface area (Å²) in [6, 6.07) is 25.0. The van der Waals surface area contributed by atoms with E-state index in [1.165, 1.54) is 28.7 Å². The molecule has 36 heavy (non-hydrogen) atoms. The van der Waals surface area contributed by atoms with Crippen molar-refractivity contribution < 1.29 is 4.79 Å². The minimum absolute atomic E-state index is 0.0245. The molecule has 0 amide bonds. The Kier molecular flexibility index (Phi) is 7.00. The molecule has 5 aromatic rings. The van der Waals surface area contributed by atoms with E-state index < -0.39 is 0 Å². The lowest BCUT2D eigenvalue weighted by atomic mass is 10.1. The summed E-state index contributed by atoms with van der Waals surface area (Å²) in [6.45, 7) is 4.06. The number of aryl methyl sites for hydroxylation is 2. The fraction of sp³-hybridized carbons (Fsp3) is 0.143. The van der Waals surface area contributed by atoms with E-state index >= 15 is 0 Å². The molecular weight excluding hydrogens is 507 g/mol. The predicted molar refractivity (Wildman–Crippen MR) is 151 cm³/mol. The lowest BCUT2D eigenvalue weighted by Gasteiger charge is -2.14. The van der Waals surface area contributed by atoms with Crippen LogP contribution in [0.1, 0.15) is 28.4 Å². The monoisotopic (exact) mass is 529 g/mol. The van der Waals surface area contributed by atoms with Crippen molar-refractivity contribution in [1.29, 1.82) is 0 Å². The highest BCUT2D eigenvalue weighted by molar-refractivity contribution is 7.99. The number of Topliss-reactive ketones (excluding diaryl/α,β-unsaturated/α-hetero) is 1. The number of fused-ring (bicyclic) bond motifs is 1. The Morgan fingerprint density at radius 1 is 0.972 bits per heavy atom. The highest BCUT2D eigenvalue weighted by Crippen LogP contribution is 2.28. The number of aromatic nitrogens is 3. The van der Waals surface area contributed by atoms with E-state index in [0.29, 0.717) is 25.0 Å². The molecule has 0 fully saturated rings. The van der Waals surface area contributed by atoms with Crippen LogP contribution in [0.4, 0.5) is 0 Å². The van der Waals surface area contributed by atoms with Gasteiger partial charge in [-0.1, -0.05) is 90.7 Å². The molecule has 0 aliphatic heterocycles. The van der Waals surface area contributed by atoms with Crippen LogP contribution in [0.3, 0.4) is 0 Å². The zero-order chi connectivity index (χ0) is 25.2. The summed E-state index contributed by atoms with van der Waals surface area (Å²) in [5.74, 6) is 0.132. The van der Waals surface area contributed by atoms with Crippen molar-refractivity contribution >= 4 is 51.4 Å². The molecule has 0 N–H and O–H groups in total. The second kappa shape index (κ2) is 10.3. The average molecular weight is 530 g/mol. The Hall–Kier alpha value is -3.33. The number of carbonyl (C=O) groups excluding carboxylic acids is 1. The van der Waals surface area contributed by atoms with Gasteiger partial charge in [-0.05, 0) is 54.9 Å². The minimum Gasteiger partial charge on any atom is -0.293 e. The number of ketones is 1. The van der Waals surface area contributed by atoms with Gasteiger partial charge in [0.25, 0.3) is 5.56 Å². The Balaban J connectivity index is 1.68. The summed E-state index contributed by atoms with van der Waals surface area (Å²) in [4.78, 5) is 31.7. The average Bonchev–Trinajstić information content (AvgIpc) is 3.24. The van der Waals surface area contributed by atoms with Gasteiger partial charge < -0.3 is 0 Å². The lowest BCUT2D eigenvalue weighted by molar-refractivity contribution is 0.102. The van der Waals surface area contributed by atoms with Crippen LogP contribution < -0.4 is 5.56 Å². The molecule has 0 aliphatic rings. The fourth-order valence-electron chi connectivity index (χ4n) is 4.01. The molecule has 0 atom stereocenters. The van der Waals surface area contributed by atoms with E-state index in [9.17, 15) is 9.59 Å². The van der Waals surface area contributed by atoms with E-state index in [1.807, 2.05) is 66.1 Å². The van der Waals surface area contributed by atoms with E-state index in [0.717, 1.165) is 23.4 Å². The van der Waals surface area contributed by atoms with Gasteiger partial charge in [-0.2, -0.15) is 0 Å². The Morgan fingerprint density at radius 2 is 1.67 bits per heavy atom. The van der Waals surface area contributed by atoms with Crippen LogP contribution in [-0.2, 0) is 6.42 Å². The molecule has 0 unspecified atom stereocenters. The first kappa shape index (κ1) is 24.4. The molecule has 180 valence electrons. The van der Waals surface area contributed by atoms with Crippen molar-refractivity contribution in [2.75, 3.05) is 5.75 Å². The number of para-hydroxylation sites is 1. The van der Waals surface area contributed by atoms with Gasteiger partial charge in [0, 0.05) is 11.3 Å². The normalized spacial score (nSPS) is 11.2. The van der Waals surface area contributed by atoms with Crippen LogP contribution in [0, 0.1) is 10.9 Å². The second-order valence-electron chi connectivity index (χ2n) is 8.28. The molecule has 0 saturated carbocycles. The van der Waals surface area contributed by atoms with Gasteiger partial charge in [0.15, 0.2) is 20.5 Å². The molecule has 0 saturated heterocycles. The molecule has 5 rings (SSSR count). The molecule has 0 radical (unpaired) electrons. The highest BCUT2D eigenvalue weighted by atomic mass is 32.2. The quantitative estimate of drug-likeness (QED) is 0.100. The van der Waals surface area contributed by atoms with Gasteiger partial charge in [0.05, 0.1) is 11.4 Å². The number of hydrogen-bond acceptors (Lipinski definition) is 6. The number of rotatable bonds is 7. The molecule has 8 heteroatoms. The van der Waals surface area contributed by atoms with E-state index in [2.05, 4.69) is 19.1 Å². The summed E-state index contributed by atoms with van der Waals surface area (Å²) in [5.41, 5.74) is 4.71. The van der Waals surface area contributed by atoms with Gasteiger partial charge in [0.2, 0.25) is 0 Å². The van der Waals surface area contributed by atoms with Crippen molar-refractivity contribution in [2.45, 2.75) is 25.4 Å². The maximum atomic E-state index is 13.9. The largest absolute Gasteiger partial charge is 0.293 e. The molecule has 2 heterocycles. The number of benzene rings is 3. The molecule has 3 aromatic carbocycles. The first-order valence-corrected chi connectivity index (χ1v) is 13.7. The van der Waals surface area contributed by atoms with Crippen molar-refractivity contribution in [3.05, 3.63) is 110 Å². The van der Waals surface area contributed by atoms with E-state index in [-0.39, 0.29) is 17.1 Å². The third-order valence-corrected chi connectivity index (χ3v) is 8.25. The highest BCUT2D eigenvalue weighted by Gasteiger charge is 2.20. The maximum absolute atomic E-state index is 13.9. The topological polar surface area (TPSA) is 56.9 Å². The molecule has 2 aromatic heterocycles. The van der Waals surface area contributed by atoms with Crippen LogP contribution in [0.15, 0.2) is 88.8 Å². The van der Waals surface area contributed by atoms with Crippen LogP contribution >= 0.6 is 35.3 Å². The van der Waals surface area contributed by atoms with E-state index in [4.69, 9.17) is 17.2 Å². The molecule has 0 bridgehead atoms. The summed E-state index contributed by atoms with van der Waals surface area (Å²) < 4.78 is 4.50. The third kappa shape index (κ3) is 4.59. The van der Waals surface area contributed by atoms with Gasteiger partial charge in [-0.25, -0.2) is 4.98 Å².